The zero-order chi connectivity index (χ0) is 11.8. The smallest absolute Gasteiger partial charge is 0.116 e. The second-order valence-corrected chi connectivity index (χ2v) is 6.96. The molecular weight excluding hydrogens is 208 g/mol. The lowest BCUT2D eigenvalue weighted by Gasteiger charge is -2.21. The Morgan fingerprint density at radius 1 is 1.13 bits per heavy atom. The first-order valence-corrected chi connectivity index (χ1v) is 6.10. The summed E-state index contributed by atoms with van der Waals surface area (Å²) in [5, 5.41) is 9.40. The van der Waals surface area contributed by atoms with Crippen LogP contribution in [-0.4, -0.2) is 14.1 Å². The zero-order valence-electron chi connectivity index (χ0n) is 9.92. The number of hydrogen-bond donors (Lipinski definition) is 1. The third kappa shape index (κ3) is 2.59. The minimum absolute atomic E-state index is 0.236. The van der Waals surface area contributed by atoms with Gasteiger partial charge in [-0.1, -0.05) is 0 Å². The van der Waals surface area contributed by atoms with Crippen LogP contribution in [0.5, 0.6) is 5.75 Å². The highest BCUT2D eigenvalue weighted by atomic mass is 32.2. The van der Waals surface area contributed by atoms with Crippen molar-refractivity contribution < 1.29 is 9.32 Å². The number of phenols is 1. The quantitative estimate of drug-likeness (QED) is 0.799. The number of rotatable bonds is 1. The molecule has 0 amide bonds. The molecule has 0 aliphatic carbocycles. The van der Waals surface area contributed by atoms with Crippen LogP contribution in [0.15, 0.2) is 17.0 Å². The van der Waals surface area contributed by atoms with Gasteiger partial charge >= 0.3 is 0 Å². The van der Waals surface area contributed by atoms with E-state index < -0.39 is 10.8 Å². The maximum absolute atomic E-state index is 12.2. The third-order valence-electron chi connectivity index (χ3n) is 2.19. The minimum Gasteiger partial charge on any atom is -0.508 e. The Morgan fingerprint density at radius 3 is 1.87 bits per heavy atom. The van der Waals surface area contributed by atoms with E-state index in [-0.39, 0.29) is 10.5 Å². The van der Waals surface area contributed by atoms with Crippen molar-refractivity contribution in [3.8, 4) is 5.75 Å². The first-order valence-electron chi connectivity index (χ1n) is 4.95. The molecule has 0 aliphatic heterocycles. The van der Waals surface area contributed by atoms with Crippen LogP contribution in [0.4, 0.5) is 0 Å². The third-order valence-corrected chi connectivity index (χ3v) is 4.31. The van der Waals surface area contributed by atoms with E-state index in [4.69, 9.17) is 0 Å². The summed E-state index contributed by atoms with van der Waals surface area (Å²) in [6.07, 6.45) is 0. The number of phenolic OH excluding ortho intramolecular Hbond substituents is 1. The lowest BCUT2D eigenvalue weighted by molar-refractivity contribution is 0.473. The van der Waals surface area contributed by atoms with Gasteiger partial charge in [-0.05, 0) is 57.9 Å². The Hall–Kier alpha value is -0.830. The van der Waals surface area contributed by atoms with E-state index in [1.54, 1.807) is 12.1 Å². The Bertz CT molecular complexity index is 380. The number of aromatic hydroxyl groups is 1. The van der Waals surface area contributed by atoms with E-state index in [0.29, 0.717) is 0 Å². The lowest BCUT2D eigenvalue weighted by Crippen LogP contribution is -2.23. The molecule has 1 aromatic carbocycles. The Balaban J connectivity index is 3.33. The molecule has 0 heterocycles. The Morgan fingerprint density at radius 2 is 1.53 bits per heavy atom. The highest BCUT2D eigenvalue weighted by Crippen LogP contribution is 2.29. The van der Waals surface area contributed by atoms with E-state index >= 15 is 0 Å². The van der Waals surface area contributed by atoms with Crippen molar-refractivity contribution in [2.75, 3.05) is 0 Å². The van der Waals surface area contributed by atoms with Gasteiger partial charge in [-0.25, -0.2) is 0 Å². The van der Waals surface area contributed by atoms with Crippen molar-refractivity contribution in [1.82, 2.24) is 0 Å². The molecular formula is C12H18O2S. The summed E-state index contributed by atoms with van der Waals surface area (Å²) in [7, 11) is -1.04. The summed E-state index contributed by atoms with van der Waals surface area (Å²) >= 11 is 0. The van der Waals surface area contributed by atoms with Gasteiger partial charge in [-0.3, -0.25) is 4.21 Å². The maximum atomic E-state index is 12.2. The topological polar surface area (TPSA) is 37.3 Å². The van der Waals surface area contributed by atoms with Crippen LogP contribution in [-0.2, 0) is 10.8 Å². The standard InChI is InChI=1S/C12H18O2S/c1-8-6-10(13)7-9(2)11(8)15(14)12(3,4)5/h6-7,13H,1-5H3. The van der Waals surface area contributed by atoms with Gasteiger partial charge in [0.05, 0.1) is 10.8 Å². The molecule has 15 heavy (non-hydrogen) atoms. The molecule has 0 bridgehead atoms. The number of benzene rings is 1. The fourth-order valence-corrected chi connectivity index (χ4v) is 2.84. The summed E-state index contributed by atoms with van der Waals surface area (Å²) in [6.45, 7) is 9.62. The van der Waals surface area contributed by atoms with Crippen molar-refractivity contribution in [2.24, 2.45) is 0 Å². The number of hydrogen-bond acceptors (Lipinski definition) is 2. The molecule has 0 saturated carbocycles. The summed E-state index contributed by atoms with van der Waals surface area (Å²) in [4.78, 5) is 0.848. The van der Waals surface area contributed by atoms with Gasteiger partial charge in [0.25, 0.3) is 0 Å². The molecule has 0 aliphatic rings. The molecule has 3 heteroatoms. The van der Waals surface area contributed by atoms with Gasteiger partial charge in [0.1, 0.15) is 5.75 Å². The van der Waals surface area contributed by atoms with Crippen molar-refractivity contribution in [2.45, 2.75) is 44.3 Å². The lowest BCUT2D eigenvalue weighted by atomic mass is 10.1. The fraction of sp³-hybridized carbons (Fsp3) is 0.500. The summed E-state index contributed by atoms with van der Waals surface area (Å²) < 4.78 is 12.0. The molecule has 0 fully saturated rings. The van der Waals surface area contributed by atoms with Gasteiger partial charge in [-0.2, -0.15) is 0 Å². The fourth-order valence-electron chi connectivity index (χ4n) is 1.53. The average molecular weight is 226 g/mol. The first-order chi connectivity index (χ1) is 6.73. The normalized spacial score (nSPS) is 13.9. The van der Waals surface area contributed by atoms with Crippen molar-refractivity contribution in [3.63, 3.8) is 0 Å². The van der Waals surface area contributed by atoms with Crippen LogP contribution in [0.1, 0.15) is 31.9 Å². The average Bonchev–Trinajstić information content (AvgIpc) is 1.99. The zero-order valence-corrected chi connectivity index (χ0v) is 10.7. The van der Waals surface area contributed by atoms with Crippen molar-refractivity contribution >= 4 is 10.8 Å². The molecule has 1 rings (SSSR count). The van der Waals surface area contributed by atoms with Crippen LogP contribution >= 0.6 is 0 Å². The van der Waals surface area contributed by atoms with Crippen LogP contribution in [0.3, 0.4) is 0 Å². The monoisotopic (exact) mass is 226 g/mol. The SMILES string of the molecule is Cc1cc(O)cc(C)c1S(=O)C(C)(C)C. The highest BCUT2D eigenvalue weighted by molar-refractivity contribution is 7.86. The van der Waals surface area contributed by atoms with E-state index in [0.717, 1.165) is 16.0 Å². The Labute approximate surface area is 93.8 Å². The van der Waals surface area contributed by atoms with Crippen LogP contribution in [0.25, 0.3) is 0 Å². The molecule has 0 spiro atoms. The molecule has 84 valence electrons. The van der Waals surface area contributed by atoms with Gasteiger partial charge in [0, 0.05) is 9.64 Å². The highest BCUT2D eigenvalue weighted by Gasteiger charge is 2.24. The van der Waals surface area contributed by atoms with Gasteiger partial charge < -0.3 is 5.11 Å². The summed E-state index contributed by atoms with van der Waals surface area (Å²) in [5.41, 5.74) is 1.78. The van der Waals surface area contributed by atoms with E-state index in [1.165, 1.54) is 0 Å². The molecule has 1 atom stereocenters. The van der Waals surface area contributed by atoms with Gasteiger partial charge in [0.15, 0.2) is 0 Å². The van der Waals surface area contributed by atoms with Crippen LogP contribution in [0.2, 0.25) is 0 Å². The van der Waals surface area contributed by atoms with Crippen molar-refractivity contribution in [1.29, 1.82) is 0 Å². The molecule has 0 aromatic heterocycles. The van der Waals surface area contributed by atoms with Crippen LogP contribution < -0.4 is 0 Å². The molecule has 2 nitrogen and oxygen atoms in total. The van der Waals surface area contributed by atoms with Crippen LogP contribution in [0, 0.1) is 13.8 Å². The molecule has 0 radical (unpaired) electrons. The predicted molar refractivity (Wildman–Crippen MR) is 63.7 cm³/mol. The Kier molecular flexibility index (Phi) is 3.24. The first kappa shape index (κ1) is 12.2. The molecule has 0 saturated heterocycles. The van der Waals surface area contributed by atoms with E-state index in [2.05, 4.69) is 0 Å². The second-order valence-electron chi connectivity index (χ2n) is 4.79. The molecule has 1 unspecified atom stereocenters. The second kappa shape index (κ2) is 3.97. The predicted octanol–water partition coefficient (Wildman–Crippen LogP) is 2.92. The maximum Gasteiger partial charge on any atom is 0.116 e. The summed E-state index contributed by atoms with van der Waals surface area (Å²) in [6, 6.07) is 3.32. The largest absolute Gasteiger partial charge is 0.508 e. The van der Waals surface area contributed by atoms with Gasteiger partial charge in [0.2, 0.25) is 0 Å². The van der Waals surface area contributed by atoms with E-state index in [1.807, 2.05) is 34.6 Å². The molecule has 1 N–H and O–H groups in total. The van der Waals surface area contributed by atoms with Gasteiger partial charge in [-0.15, -0.1) is 0 Å². The minimum atomic E-state index is -1.04. The summed E-state index contributed by atoms with van der Waals surface area (Å²) in [5.74, 6) is 0.236. The number of aryl methyl sites for hydroxylation is 2. The molecule has 1 aromatic rings. The van der Waals surface area contributed by atoms with E-state index in [9.17, 15) is 9.32 Å². The van der Waals surface area contributed by atoms with Crippen molar-refractivity contribution in [3.05, 3.63) is 23.3 Å².